The molecule has 0 fully saturated rings. The highest BCUT2D eigenvalue weighted by Gasteiger charge is 2.31. The normalized spacial score (nSPS) is 13.4. The molecular weight excluding hydrogens is 483 g/mol. The molecule has 186 valence electrons. The van der Waals surface area contributed by atoms with E-state index in [1.165, 1.54) is 40.4 Å². The smallest absolute Gasteiger partial charge is 0.416 e. The lowest BCUT2D eigenvalue weighted by molar-refractivity contribution is -0.137. The van der Waals surface area contributed by atoms with Gasteiger partial charge in [0.15, 0.2) is 12.4 Å². The second-order valence-electron chi connectivity index (χ2n) is 8.36. The molecule has 1 amide bonds. The predicted octanol–water partition coefficient (Wildman–Crippen LogP) is 5.70. The van der Waals surface area contributed by atoms with Crippen molar-refractivity contribution >= 4 is 28.2 Å². The van der Waals surface area contributed by atoms with Crippen LogP contribution in [0.25, 0.3) is 0 Å². The highest BCUT2D eigenvalue weighted by Crippen LogP contribution is 2.39. The number of aryl methyl sites for hydroxylation is 1. The number of amides is 1. The van der Waals surface area contributed by atoms with Crippen molar-refractivity contribution in [1.29, 1.82) is 0 Å². The van der Waals surface area contributed by atoms with Crippen LogP contribution in [0.3, 0.4) is 0 Å². The Bertz CT molecular complexity index is 1230. The van der Waals surface area contributed by atoms with Gasteiger partial charge in [-0.1, -0.05) is 6.07 Å². The van der Waals surface area contributed by atoms with Gasteiger partial charge in [-0.3, -0.25) is 4.79 Å². The van der Waals surface area contributed by atoms with Gasteiger partial charge in [0.25, 0.3) is 5.91 Å². The first-order valence-corrected chi connectivity index (χ1v) is 11.9. The highest BCUT2D eigenvalue weighted by molar-refractivity contribution is 7.17. The van der Waals surface area contributed by atoms with Crippen LogP contribution in [0.5, 0.6) is 5.75 Å². The van der Waals surface area contributed by atoms with Gasteiger partial charge in [0.1, 0.15) is 10.8 Å². The van der Waals surface area contributed by atoms with Crippen LogP contribution in [0.2, 0.25) is 0 Å². The molecule has 11 heteroatoms. The van der Waals surface area contributed by atoms with Gasteiger partial charge in [-0.15, -0.1) is 11.3 Å². The van der Waals surface area contributed by atoms with Crippen LogP contribution >= 0.6 is 11.3 Å². The fourth-order valence-corrected chi connectivity index (χ4v) is 5.04. The number of carbonyl (C=O) groups is 2. The maximum absolute atomic E-state index is 12.9. The maximum Gasteiger partial charge on any atom is 0.416 e. The molecule has 0 atom stereocenters. The monoisotopic (exact) mass is 507 g/mol. The zero-order valence-electron chi connectivity index (χ0n) is 19.1. The Balaban J connectivity index is 1.46. The number of alkyl halides is 3. The summed E-state index contributed by atoms with van der Waals surface area (Å²) in [6.07, 6.45) is 0.307. The molecule has 0 bridgehead atoms. The zero-order chi connectivity index (χ0) is 25.2. The molecule has 0 saturated carbocycles. The molecule has 35 heavy (non-hydrogen) atoms. The highest BCUT2D eigenvalue weighted by atomic mass is 32.1. The number of anilines is 1. The van der Waals surface area contributed by atoms with Crippen LogP contribution in [-0.2, 0) is 30.5 Å². The van der Waals surface area contributed by atoms with Crippen LogP contribution in [-0.4, -0.2) is 27.8 Å². The SMILES string of the molecule is CC(C)OC(=O)c1c(NC(=O)c2ccn(COc3cccc(C(F)(F)F)c3)n2)sc2c1CCCC2. The molecule has 3 aromatic rings. The van der Waals surface area contributed by atoms with Gasteiger partial charge >= 0.3 is 12.1 Å². The number of carbonyl (C=O) groups excluding carboxylic acids is 2. The van der Waals surface area contributed by atoms with E-state index in [0.29, 0.717) is 10.6 Å². The van der Waals surface area contributed by atoms with E-state index in [0.717, 1.165) is 48.3 Å². The van der Waals surface area contributed by atoms with Gasteiger partial charge in [-0.05, 0) is 69.4 Å². The van der Waals surface area contributed by atoms with Crippen molar-refractivity contribution in [3.05, 3.63) is 63.8 Å². The van der Waals surface area contributed by atoms with Gasteiger partial charge in [-0.2, -0.15) is 18.3 Å². The average Bonchev–Trinajstić information content (AvgIpc) is 3.41. The third-order valence-electron chi connectivity index (χ3n) is 5.34. The number of rotatable bonds is 7. The largest absolute Gasteiger partial charge is 0.471 e. The van der Waals surface area contributed by atoms with Crippen molar-refractivity contribution in [1.82, 2.24) is 9.78 Å². The Morgan fingerprint density at radius 2 is 1.97 bits per heavy atom. The molecule has 0 saturated heterocycles. The summed E-state index contributed by atoms with van der Waals surface area (Å²) in [6.45, 7) is 3.35. The average molecular weight is 508 g/mol. The van der Waals surface area contributed by atoms with E-state index in [-0.39, 0.29) is 24.3 Å². The first-order chi connectivity index (χ1) is 16.6. The molecule has 0 aliphatic heterocycles. The maximum atomic E-state index is 12.9. The van der Waals surface area contributed by atoms with Gasteiger partial charge in [0, 0.05) is 11.1 Å². The second-order valence-corrected chi connectivity index (χ2v) is 9.47. The van der Waals surface area contributed by atoms with Gasteiger partial charge in [0.05, 0.1) is 17.2 Å². The fourth-order valence-electron chi connectivity index (χ4n) is 3.77. The minimum atomic E-state index is -4.47. The van der Waals surface area contributed by atoms with Crippen molar-refractivity contribution in [3.8, 4) is 5.75 Å². The Morgan fingerprint density at radius 1 is 1.20 bits per heavy atom. The van der Waals surface area contributed by atoms with E-state index in [1.54, 1.807) is 13.8 Å². The van der Waals surface area contributed by atoms with E-state index < -0.39 is 23.6 Å². The number of aromatic nitrogens is 2. The molecule has 1 N–H and O–H groups in total. The van der Waals surface area contributed by atoms with E-state index in [4.69, 9.17) is 9.47 Å². The van der Waals surface area contributed by atoms with Crippen LogP contribution in [0, 0.1) is 0 Å². The minimum absolute atomic E-state index is 0.0267. The lowest BCUT2D eigenvalue weighted by Gasteiger charge is -2.14. The quantitative estimate of drug-likeness (QED) is 0.415. The van der Waals surface area contributed by atoms with E-state index in [2.05, 4.69) is 10.4 Å². The third-order valence-corrected chi connectivity index (χ3v) is 6.55. The summed E-state index contributed by atoms with van der Waals surface area (Å²) in [6, 6.07) is 5.97. The van der Waals surface area contributed by atoms with Crippen LogP contribution in [0.15, 0.2) is 36.5 Å². The number of hydrogen-bond acceptors (Lipinski definition) is 6. The van der Waals surface area contributed by atoms with Gasteiger partial charge in [-0.25, -0.2) is 9.48 Å². The first kappa shape index (κ1) is 24.8. The molecule has 0 unspecified atom stereocenters. The standard InChI is InChI=1S/C24H24F3N3O4S/c1-14(2)34-23(32)20-17-8-3-4-9-19(17)35-22(20)28-21(31)18-10-11-30(29-18)13-33-16-7-5-6-15(12-16)24(25,26)27/h5-7,10-12,14H,3-4,8-9,13H2,1-2H3,(H,28,31). The Morgan fingerprint density at radius 3 is 2.71 bits per heavy atom. The van der Waals surface area contributed by atoms with E-state index >= 15 is 0 Å². The Kier molecular flexibility index (Phi) is 7.15. The Hall–Kier alpha value is -3.34. The number of nitrogens with one attached hydrogen (secondary N) is 1. The third kappa shape index (κ3) is 5.84. The summed E-state index contributed by atoms with van der Waals surface area (Å²) in [5.74, 6) is -0.950. The van der Waals surface area contributed by atoms with Crippen LogP contribution in [0.1, 0.15) is 63.5 Å². The number of fused-ring (bicyclic) bond motifs is 1. The van der Waals surface area contributed by atoms with Crippen molar-refractivity contribution in [2.24, 2.45) is 0 Å². The van der Waals surface area contributed by atoms with Gasteiger partial charge in [0.2, 0.25) is 0 Å². The molecule has 2 heterocycles. The number of thiophene rings is 1. The van der Waals surface area contributed by atoms with Crippen molar-refractivity contribution in [2.45, 2.75) is 58.5 Å². The number of benzene rings is 1. The first-order valence-electron chi connectivity index (χ1n) is 11.1. The van der Waals surface area contributed by atoms with Crippen LogP contribution < -0.4 is 10.1 Å². The molecule has 0 spiro atoms. The molecule has 2 aromatic heterocycles. The predicted molar refractivity (Wildman–Crippen MR) is 124 cm³/mol. The second kappa shape index (κ2) is 10.1. The van der Waals surface area contributed by atoms with E-state index in [1.807, 2.05) is 0 Å². The van der Waals surface area contributed by atoms with Crippen molar-refractivity contribution in [3.63, 3.8) is 0 Å². The summed E-state index contributed by atoms with van der Waals surface area (Å²) in [4.78, 5) is 26.7. The van der Waals surface area contributed by atoms with Crippen molar-refractivity contribution in [2.75, 3.05) is 5.32 Å². The lowest BCUT2D eigenvalue weighted by Crippen LogP contribution is -2.18. The fraction of sp³-hybridized carbons (Fsp3) is 0.375. The molecule has 7 nitrogen and oxygen atoms in total. The summed E-state index contributed by atoms with van der Waals surface area (Å²) in [5.41, 5.74) is 0.592. The minimum Gasteiger partial charge on any atom is -0.471 e. The zero-order valence-corrected chi connectivity index (χ0v) is 20.0. The summed E-state index contributed by atoms with van der Waals surface area (Å²) in [5, 5.41) is 7.36. The van der Waals surface area contributed by atoms with E-state index in [9.17, 15) is 22.8 Å². The number of halogens is 3. The number of ether oxygens (including phenoxy) is 2. The molecular formula is C24H24F3N3O4S. The molecule has 1 aliphatic rings. The van der Waals surface area contributed by atoms with Crippen LogP contribution in [0.4, 0.5) is 18.2 Å². The Labute approximate surface area is 203 Å². The topological polar surface area (TPSA) is 82.5 Å². The van der Waals surface area contributed by atoms with Crippen molar-refractivity contribution < 1.29 is 32.2 Å². The summed E-state index contributed by atoms with van der Waals surface area (Å²) in [7, 11) is 0. The van der Waals surface area contributed by atoms with Gasteiger partial charge < -0.3 is 14.8 Å². The molecule has 4 rings (SSSR count). The number of nitrogens with zero attached hydrogens (tertiary/aromatic N) is 2. The number of hydrogen-bond donors (Lipinski definition) is 1. The summed E-state index contributed by atoms with van der Waals surface area (Å²) < 4.78 is 50.7. The molecule has 1 aliphatic carbocycles. The lowest BCUT2D eigenvalue weighted by atomic mass is 9.95. The summed E-state index contributed by atoms with van der Waals surface area (Å²) >= 11 is 1.37. The molecule has 1 aromatic carbocycles. The number of esters is 1. The molecule has 0 radical (unpaired) electrons.